The van der Waals surface area contributed by atoms with E-state index in [0.29, 0.717) is 11.0 Å². The van der Waals surface area contributed by atoms with E-state index >= 15 is 0 Å². The molecular weight excluding hydrogens is 419 g/mol. The number of hydrogen-bond donors (Lipinski definition) is 1. The molecule has 0 aliphatic carbocycles. The molecule has 1 N–H and O–H groups in total. The van der Waals surface area contributed by atoms with Crippen LogP contribution in [0.3, 0.4) is 0 Å². The van der Waals surface area contributed by atoms with Gasteiger partial charge >= 0.3 is 29.6 Å². The number of rotatable bonds is 16. The summed E-state index contributed by atoms with van der Waals surface area (Å²) in [6.07, 6.45) is 22.6. The van der Waals surface area contributed by atoms with Crippen molar-refractivity contribution in [2.45, 2.75) is 102 Å². The predicted octanol–water partition coefficient (Wildman–Crippen LogP) is 3.97. The predicted molar refractivity (Wildman–Crippen MR) is 123 cm³/mol. The Balaban J connectivity index is 0.00000480. The largest absolute Gasteiger partial charge is 1.00 e. The molecule has 1 heterocycles. The van der Waals surface area contributed by atoms with Crippen molar-refractivity contribution in [2.24, 2.45) is 0 Å². The van der Waals surface area contributed by atoms with Crippen molar-refractivity contribution in [1.29, 1.82) is 0 Å². The van der Waals surface area contributed by atoms with Gasteiger partial charge in [0.2, 0.25) is 5.16 Å². The van der Waals surface area contributed by atoms with Crippen LogP contribution in [0.2, 0.25) is 0 Å². The molecule has 168 valence electrons. The van der Waals surface area contributed by atoms with Gasteiger partial charge in [-0.15, -0.1) is 0 Å². The maximum Gasteiger partial charge on any atom is 1.00 e. The van der Waals surface area contributed by atoms with Crippen molar-refractivity contribution in [3.63, 3.8) is 0 Å². The molecule has 31 heavy (non-hydrogen) atoms. The summed E-state index contributed by atoms with van der Waals surface area (Å²) >= 11 is 0. The second-order valence-corrected chi connectivity index (χ2v) is 9.47. The molecule has 2 rings (SSSR count). The van der Waals surface area contributed by atoms with E-state index in [-0.39, 0.29) is 29.6 Å². The van der Waals surface area contributed by atoms with Gasteiger partial charge in [0.1, 0.15) is 0 Å². The third-order valence-corrected chi connectivity index (χ3v) is 6.20. The van der Waals surface area contributed by atoms with Crippen LogP contribution in [0.1, 0.15) is 102 Å². The van der Waals surface area contributed by atoms with Gasteiger partial charge in [0, 0.05) is 5.56 Å². The second-order valence-electron chi connectivity index (χ2n) is 8.17. The van der Waals surface area contributed by atoms with Crippen molar-refractivity contribution >= 4 is 27.2 Å². The third-order valence-electron chi connectivity index (χ3n) is 5.53. The maximum atomic E-state index is 11.2. The molecule has 0 atom stereocenters. The Morgan fingerprint density at radius 3 is 2.00 bits per heavy atom. The summed E-state index contributed by atoms with van der Waals surface area (Å²) in [5.41, 5.74) is 1.91. The minimum atomic E-state index is -4.57. The number of H-pyrrole nitrogens is 1. The monoisotopic (exact) mass is 456 g/mol. The summed E-state index contributed by atoms with van der Waals surface area (Å²) < 4.78 is 33.5. The van der Waals surface area contributed by atoms with E-state index in [9.17, 15) is 13.0 Å². The topological polar surface area (TPSA) is 85.9 Å². The number of allylic oxidation sites excluding steroid dienone is 1. The average molecular weight is 457 g/mol. The molecule has 0 bridgehead atoms. The molecule has 0 saturated carbocycles. The molecule has 7 heteroatoms. The summed E-state index contributed by atoms with van der Waals surface area (Å²) in [5, 5.41) is -0.519. The standard InChI is InChI=1S/C24H38N2O3S.Na/c1-2-3-4-5-6-7-8-9-10-11-12-13-14-15-16-18-21-19-17-20-22-23(21)26-24(25-22)30(27,28)29;/h16-20H,2-15H2,1H3,(H,25,26)(H,27,28,29);/q;+1/p-1. The Kier molecular flexibility index (Phi) is 14.7. The molecule has 0 unspecified atom stereocenters. The van der Waals surface area contributed by atoms with Crippen LogP contribution >= 0.6 is 0 Å². The van der Waals surface area contributed by atoms with Crippen molar-refractivity contribution < 1.29 is 42.5 Å². The van der Waals surface area contributed by atoms with E-state index in [1.807, 2.05) is 18.2 Å². The van der Waals surface area contributed by atoms with Gasteiger partial charge in [-0.2, -0.15) is 0 Å². The molecule has 1 aromatic heterocycles. The fourth-order valence-electron chi connectivity index (χ4n) is 3.77. The number of para-hydroxylation sites is 1. The Morgan fingerprint density at radius 1 is 0.903 bits per heavy atom. The van der Waals surface area contributed by atoms with Gasteiger partial charge in [-0.3, -0.25) is 0 Å². The first-order chi connectivity index (χ1) is 14.5. The number of nitrogens with one attached hydrogen (secondary N) is 1. The number of nitrogens with zero attached hydrogens (tertiary/aromatic N) is 1. The van der Waals surface area contributed by atoms with Gasteiger partial charge in [-0.25, -0.2) is 13.4 Å². The second kappa shape index (κ2) is 16.0. The van der Waals surface area contributed by atoms with Crippen LogP contribution in [0.15, 0.2) is 29.4 Å². The first-order valence-corrected chi connectivity index (χ1v) is 13.0. The molecule has 5 nitrogen and oxygen atoms in total. The quantitative estimate of drug-likeness (QED) is 0.235. The average Bonchev–Trinajstić information content (AvgIpc) is 3.16. The van der Waals surface area contributed by atoms with Gasteiger partial charge < -0.3 is 9.54 Å². The van der Waals surface area contributed by atoms with Crippen LogP contribution in [-0.2, 0) is 10.1 Å². The number of aromatic amines is 1. The molecular formula is C24H37N2NaO3S. The first-order valence-electron chi connectivity index (χ1n) is 11.6. The summed E-state index contributed by atoms with van der Waals surface area (Å²) in [7, 11) is -4.57. The Bertz CT molecular complexity index is 878. The number of benzene rings is 1. The van der Waals surface area contributed by atoms with E-state index in [4.69, 9.17) is 0 Å². The Morgan fingerprint density at radius 2 is 1.45 bits per heavy atom. The number of hydrogen-bond acceptors (Lipinski definition) is 4. The van der Waals surface area contributed by atoms with E-state index in [2.05, 4.69) is 23.0 Å². The minimum Gasteiger partial charge on any atom is -0.742 e. The number of imidazole rings is 1. The number of aromatic nitrogens is 2. The first kappa shape index (κ1) is 28.4. The zero-order valence-corrected chi connectivity index (χ0v) is 22.2. The fourth-order valence-corrected chi connectivity index (χ4v) is 4.21. The molecule has 0 spiro atoms. The van der Waals surface area contributed by atoms with Gasteiger partial charge in [-0.1, -0.05) is 108 Å². The van der Waals surface area contributed by atoms with Gasteiger partial charge in [0.25, 0.3) is 0 Å². The fraction of sp³-hybridized carbons (Fsp3) is 0.625. The summed E-state index contributed by atoms with van der Waals surface area (Å²) in [6.45, 7) is 2.26. The minimum absolute atomic E-state index is 0. The summed E-state index contributed by atoms with van der Waals surface area (Å²) in [6, 6.07) is 5.43. The summed E-state index contributed by atoms with van der Waals surface area (Å²) in [5.74, 6) is 0. The molecule has 0 radical (unpaired) electrons. The zero-order chi connectivity index (χ0) is 21.7. The smallest absolute Gasteiger partial charge is 0.742 e. The molecule has 2 aromatic rings. The molecule has 0 amide bonds. The van der Waals surface area contributed by atoms with Gasteiger partial charge in [0.05, 0.1) is 11.0 Å². The van der Waals surface area contributed by atoms with Crippen LogP contribution in [0.5, 0.6) is 0 Å². The third kappa shape index (κ3) is 11.2. The Labute approximate surface area is 210 Å². The SMILES string of the molecule is CCCCCCCCCCCCCCCC=Cc1cccc2[nH]c(S(=O)(=O)[O-])nc12.[Na+]. The van der Waals surface area contributed by atoms with E-state index in [1.165, 1.54) is 77.0 Å². The maximum absolute atomic E-state index is 11.2. The van der Waals surface area contributed by atoms with Crippen molar-refractivity contribution in [1.82, 2.24) is 9.97 Å². The molecule has 0 fully saturated rings. The van der Waals surface area contributed by atoms with Crippen molar-refractivity contribution in [3.8, 4) is 0 Å². The van der Waals surface area contributed by atoms with Gasteiger partial charge in [-0.05, 0) is 18.9 Å². The van der Waals surface area contributed by atoms with Crippen LogP contribution in [0.25, 0.3) is 17.1 Å². The normalized spacial score (nSPS) is 11.9. The van der Waals surface area contributed by atoms with Gasteiger partial charge in [0.15, 0.2) is 10.1 Å². The van der Waals surface area contributed by atoms with Crippen molar-refractivity contribution in [2.75, 3.05) is 0 Å². The van der Waals surface area contributed by atoms with Crippen LogP contribution in [0, 0.1) is 0 Å². The summed E-state index contributed by atoms with van der Waals surface area (Å²) in [4.78, 5) is 6.55. The van der Waals surface area contributed by atoms with E-state index < -0.39 is 15.3 Å². The molecule has 0 aliphatic heterocycles. The Hall–Kier alpha value is -0.660. The number of fused-ring (bicyclic) bond motifs is 1. The zero-order valence-electron chi connectivity index (χ0n) is 19.4. The van der Waals surface area contributed by atoms with E-state index in [1.54, 1.807) is 6.07 Å². The van der Waals surface area contributed by atoms with E-state index in [0.717, 1.165) is 18.4 Å². The molecule has 0 saturated heterocycles. The van der Waals surface area contributed by atoms with Crippen LogP contribution < -0.4 is 29.6 Å². The number of unbranched alkanes of at least 4 members (excludes halogenated alkanes) is 13. The van der Waals surface area contributed by atoms with Crippen LogP contribution in [0.4, 0.5) is 0 Å². The van der Waals surface area contributed by atoms with Crippen LogP contribution in [-0.4, -0.2) is 22.9 Å². The molecule has 1 aromatic carbocycles. The van der Waals surface area contributed by atoms with Crippen molar-refractivity contribution in [3.05, 3.63) is 29.8 Å². The molecule has 0 aliphatic rings.